The van der Waals surface area contributed by atoms with Crippen LogP contribution < -0.4 is 10.1 Å². The molecule has 0 saturated heterocycles. The van der Waals surface area contributed by atoms with Crippen molar-refractivity contribution in [2.45, 2.75) is 32.9 Å². The number of aliphatic hydroxyl groups excluding tert-OH is 1. The Morgan fingerprint density at radius 3 is 2.46 bits per heavy atom. The predicted octanol–water partition coefficient (Wildman–Crippen LogP) is 3.70. The van der Waals surface area contributed by atoms with Crippen molar-refractivity contribution in [1.29, 1.82) is 0 Å². The predicted molar refractivity (Wildman–Crippen MR) is 105 cm³/mol. The normalized spacial score (nSPS) is 13.5. The highest BCUT2D eigenvalue weighted by Crippen LogP contribution is 2.24. The Hall–Kier alpha value is -1.31. The lowest BCUT2D eigenvalue weighted by molar-refractivity contribution is 0.133. The summed E-state index contributed by atoms with van der Waals surface area (Å²) in [6, 6.07) is 10.7. The first-order chi connectivity index (χ1) is 11.4. The highest BCUT2D eigenvalue weighted by atomic mass is 127. The van der Waals surface area contributed by atoms with Crippen LogP contribution in [-0.4, -0.2) is 29.4 Å². The Morgan fingerprint density at radius 2 is 1.79 bits per heavy atom. The molecule has 2 rings (SSSR count). The smallest absolute Gasteiger partial charge is 0.122 e. The molecule has 2 aromatic rings. The van der Waals surface area contributed by atoms with Crippen molar-refractivity contribution in [1.82, 2.24) is 5.32 Å². The molecule has 0 spiro atoms. The van der Waals surface area contributed by atoms with Gasteiger partial charge >= 0.3 is 0 Å². The van der Waals surface area contributed by atoms with Crippen molar-refractivity contribution < 1.29 is 14.9 Å². The van der Waals surface area contributed by atoms with Gasteiger partial charge in [-0.25, -0.2) is 0 Å². The largest absolute Gasteiger partial charge is 0.508 e. The fraction of sp³-hybridized carbons (Fsp3) is 0.368. The molecular formula is C19H24INO3. The zero-order valence-corrected chi connectivity index (χ0v) is 16.4. The molecule has 0 radical (unpaired) electrons. The molecule has 0 heterocycles. The number of phenols is 1. The highest BCUT2D eigenvalue weighted by Gasteiger charge is 2.15. The molecule has 2 aromatic carbocycles. The molecular weight excluding hydrogens is 417 g/mol. The Morgan fingerprint density at radius 1 is 1.12 bits per heavy atom. The first-order valence-electron chi connectivity index (χ1n) is 7.98. The summed E-state index contributed by atoms with van der Waals surface area (Å²) >= 11 is 2.32. The van der Waals surface area contributed by atoms with Gasteiger partial charge in [0.1, 0.15) is 18.1 Å². The zero-order chi connectivity index (χ0) is 17.7. The molecule has 0 aliphatic carbocycles. The standard InChI is InChI=1S/C19H24INO3/c1-12-11-18(13(2)10-17(12)20)24-9-8-21-14(3)19(23)15-4-6-16(22)7-5-15/h4-7,10-11,14,19,21-23H,8-9H2,1-3H3. The number of rotatable bonds is 7. The van der Waals surface area contributed by atoms with Crippen LogP contribution >= 0.6 is 22.6 Å². The summed E-state index contributed by atoms with van der Waals surface area (Å²) in [5.74, 6) is 1.10. The first kappa shape index (κ1) is 19.0. The summed E-state index contributed by atoms with van der Waals surface area (Å²) < 4.78 is 7.08. The minimum atomic E-state index is -0.632. The van der Waals surface area contributed by atoms with Gasteiger partial charge in [-0.15, -0.1) is 0 Å². The van der Waals surface area contributed by atoms with Crippen LogP contribution in [0.5, 0.6) is 11.5 Å². The molecule has 0 amide bonds. The van der Waals surface area contributed by atoms with E-state index < -0.39 is 6.10 Å². The Kier molecular flexibility index (Phi) is 6.89. The lowest BCUT2D eigenvalue weighted by atomic mass is 10.0. The van der Waals surface area contributed by atoms with E-state index in [1.807, 2.05) is 13.8 Å². The summed E-state index contributed by atoms with van der Waals surface area (Å²) in [4.78, 5) is 0. The molecule has 24 heavy (non-hydrogen) atoms. The third-order valence-electron chi connectivity index (χ3n) is 3.99. The SMILES string of the molecule is Cc1cc(OCCNC(C)C(O)c2ccc(O)cc2)c(C)cc1I. The molecule has 0 aliphatic heterocycles. The number of aromatic hydroxyl groups is 1. The van der Waals surface area contributed by atoms with Crippen LogP contribution in [0.4, 0.5) is 0 Å². The van der Waals surface area contributed by atoms with E-state index in [1.54, 1.807) is 24.3 Å². The topological polar surface area (TPSA) is 61.7 Å². The highest BCUT2D eigenvalue weighted by molar-refractivity contribution is 14.1. The molecule has 2 unspecified atom stereocenters. The molecule has 2 atom stereocenters. The number of ether oxygens (including phenoxy) is 1. The maximum atomic E-state index is 10.3. The molecule has 130 valence electrons. The van der Waals surface area contributed by atoms with Crippen LogP contribution in [-0.2, 0) is 0 Å². The molecule has 5 heteroatoms. The van der Waals surface area contributed by atoms with Gasteiger partial charge in [0.05, 0.1) is 6.10 Å². The van der Waals surface area contributed by atoms with Crippen molar-refractivity contribution in [2.24, 2.45) is 0 Å². The lowest BCUT2D eigenvalue weighted by Gasteiger charge is -2.21. The van der Waals surface area contributed by atoms with E-state index in [2.05, 4.69) is 47.0 Å². The average Bonchev–Trinajstić information content (AvgIpc) is 2.55. The van der Waals surface area contributed by atoms with Crippen LogP contribution in [0.2, 0.25) is 0 Å². The fourth-order valence-corrected chi connectivity index (χ4v) is 3.05. The maximum Gasteiger partial charge on any atom is 0.122 e. The molecule has 0 bridgehead atoms. The third-order valence-corrected chi connectivity index (χ3v) is 5.15. The number of aryl methyl sites for hydroxylation is 2. The average molecular weight is 441 g/mol. The van der Waals surface area contributed by atoms with Crippen molar-refractivity contribution in [3.8, 4) is 11.5 Å². The second kappa shape index (κ2) is 8.69. The van der Waals surface area contributed by atoms with E-state index in [9.17, 15) is 10.2 Å². The van der Waals surface area contributed by atoms with Gasteiger partial charge in [0.2, 0.25) is 0 Å². The number of phenolic OH excluding ortho intramolecular Hbond substituents is 1. The summed E-state index contributed by atoms with van der Waals surface area (Å²) in [5.41, 5.74) is 3.11. The van der Waals surface area contributed by atoms with Gasteiger partial charge in [-0.1, -0.05) is 12.1 Å². The number of halogens is 1. The van der Waals surface area contributed by atoms with Crippen LogP contribution in [0.3, 0.4) is 0 Å². The van der Waals surface area contributed by atoms with E-state index in [-0.39, 0.29) is 11.8 Å². The fourth-order valence-electron chi connectivity index (χ4n) is 2.43. The van der Waals surface area contributed by atoms with E-state index in [0.29, 0.717) is 13.2 Å². The molecule has 0 aromatic heterocycles. The summed E-state index contributed by atoms with van der Waals surface area (Å²) in [5, 5.41) is 22.9. The molecule has 3 N–H and O–H groups in total. The number of benzene rings is 2. The number of hydrogen-bond acceptors (Lipinski definition) is 4. The second-order valence-electron chi connectivity index (χ2n) is 5.99. The minimum absolute atomic E-state index is 0.113. The van der Waals surface area contributed by atoms with Crippen molar-refractivity contribution in [2.75, 3.05) is 13.2 Å². The van der Waals surface area contributed by atoms with Gasteiger partial charge in [-0.05, 0) is 84.3 Å². The zero-order valence-electron chi connectivity index (χ0n) is 14.2. The Labute approximate surface area is 157 Å². The molecule has 0 saturated carbocycles. The number of nitrogens with one attached hydrogen (secondary N) is 1. The van der Waals surface area contributed by atoms with Crippen LogP contribution in [0.1, 0.15) is 29.7 Å². The third kappa shape index (κ3) is 5.09. The number of hydrogen-bond donors (Lipinski definition) is 3. The second-order valence-corrected chi connectivity index (χ2v) is 7.16. The van der Waals surface area contributed by atoms with Gasteiger partial charge in [-0.2, -0.15) is 0 Å². The molecule has 0 fully saturated rings. The summed E-state index contributed by atoms with van der Waals surface area (Å²) in [7, 11) is 0. The van der Waals surface area contributed by atoms with E-state index in [4.69, 9.17) is 4.74 Å². The van der Waals surface area contributed by atoms with Crippen molar-refractivity contribution in [3.63, 3.8) is 0 Å². The number of aliphatic hydroxyl groups is 1. The van der Waals surface area contributed by atoms with Crippen molar-refractivity contribution >= 4 is 22.6 Å². The van der Waals surface area contributed by atoms with Gasteiger partial charge < -0.3 is 20.3 Å². The van der Waals surface area contributed by atoms with Crippen molar-refractivity contribution in [3.05, 3.63) is 56.7 Å². The van der Waals surface area contributed by atoms with E-state index in [0.717, 1.165) is 16.9 Å². The van der Waals surface area contributed by atoms with Crippen LogP contribution in [0.15, 0.2) is 36.4 Å². The van der Waals surface area contributed by atoms with Gasteiger partial charge in [0.25, 0.3) is 0 Å². The first-order valence-corrected chi connectivity index (χ1v) is 9.06. The van der Waals surface area contributed by atoms with Crippen LogP contribution in [0.25, 0.3) is 0 Å². The lowest BCUT2D eigenvalue weighted by Crippen LogP contribution is -2.35. The summed E-state index contributed by atoms with van der Waals surface area (Å²) in [6.07, 6.45) is -0.632. The van der Waals surface area contributed by atoms with Gasteiger partial charge in [-0.3, -0.25) is 0 Å². The molecule has 4 nitrogen and oxygen atoms in total. The van der Waals surface area contributed by atoms with Gasteiger partial charge in [0, 0.05) is 16.2 Å². The minimum Gasteiger partial charge on any atom is -0.508 e. The van der Waals surface area contributed by atoms with Gasteiger partial charge in [0.15, 0.2) is 0 Å². The Balaban J connectivity index is 1.81. The van der Waals surface area contributed by atoms with Crippen LogP contribution in [0, 0.1) is 17.4 Å². The monoisotopic (exact) mass is 441 g/mol. The quantitative estimate of drug-likeness (QED) is 0.453. The molecule has 0 aliphatic rings. The summed E-state index contributed by atoms with van der Waals surface area (Å²) in [6.45, 7) is 7.22. The Bertz CT molecular complexity index is 673. The van der Waals surface area contributed by atoms with E-state index >= 15 is 0 Å². The maximum absolute atomic E-state index is 10.3. The van der Waals surface area contributed by atoms with E-state index in [1.165, 1.54) is 9.13 Å².